The fourth-order valence-electron chi connectivity index (χ4n) is 7.70. The molecule has 2 N–H and O–H groups in total. The number of piperidine rings is 2. The van der Waals surface area contributed by atoms with Crippen LogP contribution in [0.4, 0.5) is 10.3 Å². The van der Waals surface area contributed by atoms with Gasteiger partial charge in [-0.1, -0.05) is 34.4 Å². The Morgan fingerprint density at radius 2 is 1.29 bits per heavy atom. The highest BCUT2D eigenvalue weighted by atomic mass is 32.1. The number of H-pyrrole nitrogens is 2. The molecule has 4 atom stereocenters. The summed E-state index contributed by atoms with van der Waals surface area (Å²) in [6.07, 6.45) is 16.7. The van der Waals surface area contributed by atoms with Crippen LogP contribution in [0.1, 0.15) is 53.0 Å². The van der Waals surface area contributed by atoms with E-state index >= 15 is 0 Å². The summed E-state index contributed by atoms with van der Waals surface area (Å²) >= 11 is 3.05. The third-order valence-corrected chi connectivity index (χ3v) is 12.3. The molecule has 0 saturated carbocycles. The number of thiazole rings is 2. The molecule has 2 fully saturated rings. The van der Waals surface area contributed by atoms with Crippen molar-refractivity contribution < 1.29 is 0 Å². The molecule has 8 aromatic heterocycles. The summed E-state index contributed by atoms with van der Waals surface area (Å²) < 4.78 is 4.42. The summed E-state index contributed by atoms with van der Waals surface area (Å²) in [5.41, 5.74) is 5.63. The predicted octanol–water partition coefficient (Wildman–Crippen LogP) is 5.89. The lowest BCUT2D eigenvalue weighted by Crippen LogP contribution is -2.41. The Hall–Kier alpha value is -5.84. The minimum absolute atomic E-state index is 0.0496. The van der Waals surface area contributed by atoms with E-state index in [2.05, 4.69) is 68.6 Å². The van der Waals surface area contributed by atoms with Gasteiger partial charge in [0, 0.05) is 50.9 Å². The van der Waals surface area contributed by atoms with Crippen molar-refractivity contribution in [3.63, 3.8) is 0 Å². The molecule has 10 rings (SSSR count). The molecule has 252 valence electrons. The van der Waals surface area contributed by atoms with Crippen LogP contribution in [0.2, 0.25) is 0 Å². The van der Waals surface area contributed by atoms with Gasteiger partial charge in [0.1, 0.15) is 28.5 Å². The number of nitrogens with one attached hydrogen (secondary N) is 2. The highest BCUT2D eigenvalue weighted by Gasteiger charge is 2.41. The van der Waals surface area contributed by atoms with E-state index < -0.39 is 0 Å². The Balaban J connectivity index is 0.944. The molecule has 2 saturated heterocycles. The van der Waals surface area contributed by atoms with Gasteiger partial charge >= 0.3 is 6.07 Å². The van der Waals surface area contributed by atoms with Crippen LogP contribution in [0.3, 0.4) is 0 Å². The molecular formula is C35H31N14S2+. The Bertz CT molecular complexity index is 2670. The average molecular weight is 712 g/mol. The van der Waals surface area contributed by atoms with E-state index in [-0.39, 0.29) is 17.9 Å². The minimum Gasteiger partial charge on any atom is -0.347 e. The number of nitrogens with zero attached hydrogens (tertiary/aromatic N) is 12. The van der Waals surface area contributed by atoms with Crippen LogP contribution in [0, 0.1) is 23.3 Å². The van der Waals surface area contributed by atoms with Crippen molar-refractivity contribution in [2.24, 2.45) is 5.92 Å². The highest BCUT2D eigenvalue weighted by molar-refractivity contribution is 7.16. The number of fused-ring (bicyclic) bond motifs is 6. The van der Waals surface area contributed by atoms with Crippen LogP contribution in [-0.2, 0) is 0 Å². The monoisotopic (exact) mass is 711 g/mol. The van der Waals surface area contributed by atoms with Gasteiger partial charge in [-0.3, -0.25) is 8.80 Å². The predicted molar refractivity (Wildman–Crippen MR) is 197 cm³/mol. The second-order valence-electron chi connectivity index (χ2n) is 13.3. The van der Waals surface area contributed by atoms with Crippen molar-refractivity contribution in [3.05, 3.63) is 88.0 Å². The summed E-state index contributed by atoms with van der Waals surface area (Å²) in [5, 5.41) is 11.3. The first-order valence-electron chi connectivity index (χ1n) is 17.0. The molecule has 16 heteroatoms. The quantitative estimate of drug-likeness (QED) is 0.228. The maximum atomic E-state index is 9.43. The van der Waals surface area contributed by atoms with Crippen molar-refractivity contribution in [2.75, 3.05) is 36.0 Å². The van der Waals surface area contributed by atoms with Crippen LogP contribution in [0.25, 0.3) is 38.2 Å². The molecule has 2 aliphatic rings. The number of aromatic amines is 2. The molecule has 4 unspecified atom stereocenters. The van der Waals surface area contributed by atoms with Crippen molar-refractivity contribution >= 4 is 66.3 Å². The van der Waals surface area contributed by atoms with Crippen LogP contribution < -0.4 is 9.80 Å². The fourth-order valence-corrected chi connectivity index (χ4v) is 9.25. The Kier molecular flexibility index (Phi) is 7.00. The van der Waals surface area contributed by atoms with E-state index in [1.54, 1.807) is 17.5 Å². The normalized spacial score (nSPS) is 21.1. The Morgan fingerprint density at radius 1 is 0.725 bits per heavy atom. The van der Waals surface area contributed by atoms with E-state index in [4.69, 9.17) is 19.8 Å². The zero-order chi connectivity index (χ0) is 34.1. The first kappa shape index (κ1) is 30.0. The zero-order valence-corrected chi connectivity index (χ0v) is 29.1. The smallest absolute Gasteiger partial charge is 0.324 e. The molecule has 51 heavy (non-hydrogen) atoms. The molecule has 0 aromatic carbocycles. The molecule has 0 spiro atoms. The minimum atomic E-state index is -0.0661. The van der Waals surface area contributed by atoms with Crippen molar-refractivity contribution in [1.29, 1.82) is 5.26 Å². The topological polar surface area (TPSA) is 152 Å². The van der Waals surface area contributed by atoms with E-state index in [9.17, 15) is 5.26 Å². The molecule has 2 aliphatic heterocycles. The lowest BCUT2D eigenvalue weighted by molar-refractivity contribution is 0.367. The maximum Gasteiger partial charge on any atom is 0.324 e. The van der Waals surface area contributed by atoms with E-state index in [0.29, 0.717) is 17.3 Å². The summed E-state index contributed by atoms with van der Waals surface area (Å²) in [5.74, 6) is 2.66. The third kappa shape index (κ3) is 5.01. The fraction of sp³-hybridized carbons (Fsp3) is 0.314. The lowest BCUT2D eigenvalue weighted by atomic mass is 9.86. The third-order valence-electron chi connectivity index (χ3n) is 10.4. The van der Waals surface area contributed by atoms with Crippen LogP contribution in [-0.4, -0.2) is 80.9 Å². The summed E-state index contributed by atoms with van der Waals surface area (Å²) in [7, 11) is 0. The van der Waals surface area contributed by atoms with Crippen LogP contribution in [0.15, 0.2) is 61.7 Å². The van der Waals surface area contributed by atoms with Crippen LogP contribution in [0.5, 0.6) is 0 Å². The zero-order valence-electron chi connectivity index (χ0n) is 27.5. The lowest BCUT2D eigenvalue weighted by Gasteiger charge is -2.36. The number of imidazole rings is 2. The summed E-state index contributed by atoms with van der Waals surface area (Å²) in [4.78, 5) is 46.1. The first-order valence-corrected chi connectivity index (χ1v) is 18.6. The molecule has 0 aliphatic carbocycles. The average Bonchev–Trinajstić information content (AvgIpc) is 4.01. The molecular weight excluding hydrogens is 681 g/mol. The Morgan fingerprint density at radius 3 is 1.94 bits per heavy atom. The standard InChI is InChI=1S/C35H31N14S2/c1-20-4-8-46(18-25(20)32-42-13-21-11-40-30-28(48(21)32)2-6-37-30)35-45-17-24(51-35)16-39-27-5-9-47(34-44-15-23(10-36)50-34)19-26(27)33-43-14-22-12-41-31-29(49(22)33)3-7-38-31/h2-3,6-7,11-15,17,20,25-27,37-38H,4-5,8-9,18-19H2,1H3/q+1. The van der Waals surface area contributed by atoms with E-state index in [1.165, 1.54) is 11.3 Å². The van der Waals surface area contributed by atoms with Crippen LogP contribution >= 0.6 is 22.7 Å². The molecule has 8 aromatic rings. The van der Waals surface area contributed by atoms with Gasteiger partial charge in [-0.25, -0.2) is 29.9 Å². The van der Waals surface area contributed by atoms with E-state index in [0.717, 1.165) is 92.6 Å². The van der Waals surface area contributed by atoms with Gasteiger partial charge in [0.2, 0.25) is 0 Å². The molecule has 0 radical (unpaired) electrons. The van der Waals surface area contributed by atoms with Gasteiger partial charge in [0.05, 0.1) is 59.2 Å². The molecule has 0 amide bonds. The number of aromatic nitrogens is 10. The SMILES string of the molecule is CC1CCN(c2ncc(C#[N+]C3CCN(c4ncc(C#N)s4)CC3c3ncc4cnc5[nH]ccc5n34)s2)CC1c1ncc2cnc3[nH]ccc3n12. The molecule has 14 nitrogen and oxygen atoms in total. The second-order valence-corrected chi connectivity index (χ2v) is 15.3. The van der Waals surface area contributed by atoms with Crippen molar-refractivity contribution in [2.45, 2.75) is 37.6 Å². The summed E-state index contributed by atoms with van der Waals surface area (Å²) in [6.45, 7) is 5.53. The number of rotatable bonds is 4. The van der Waals surface area contributed by atoms with Gasteiger partial charge in [0.15, 0.2) is 26.4 Å². The Labute approximate surface area is 298 Å². The molecule has 0 bridgehead atoms. The largest absolute Gasteiger partial charge is 0.347 e. The van der Waals surface area contributed by atoms with Crippen molar-refractivity contribution in [1.82, 2.24) is 48.7 Å². The van der Waals surface area contributed by atoms with Gasteiger partial charge < -0.3 is 19.8 Å². The second kappa shape index (κ2) is 11.9. The number of nitriles is 1. The van der Waals surface area contributed by atoms with E-state index in [1.807, 2.05) is 49.4 Å². The van der Waals surface area contributed by atoms with Crippen molar-refractivity contribution in [3.8, 4) is 12.1 Å². The van der Waals surface area contributed by atoms with Gasteiger partial charge in [0.25, 0.3) is 6.04 Å². The van der Waals surface area contributed by atoms with Gasteiger partial charge in [-0.2, -0.15) is 5.26 Å². The molecule has 10 heterocycles. The highest BCUT2D eigenvalue weighted by Crippen LogP contribution is 2.37. The number of hydrogen-bond acceptors (Lipinski definition) is 11. The van der Waals surface area contributed by atoms with Gasteiger partial charge in [-0.05, 0) is 24.5 Å². The number of anilines is 2. The summed E-state index contributed by atoms with van der Waals surface area (Å²) in [6, 6.07) is 9.65. The number of hydrogen-bond donors (Lipinski definition) is 2. The van der Waals surface area contributed by atoms with Gasteiger partial charge in [-0.15, -0.1) is 0 Å². The first-order chi connectivity index (χ1) is 25.1. The maximum absolute atomic E-state index is 9.43.